The van der Waals surface area contributed by atoms with Gasteiger partial charge in [0.05, 0.1) is 45.3 Å². The SMILES string of the molecule is COC(=O)[C@@H]1[C@@H](c2cccc([N+](=O)[O-])c2)[C@@H](C(=O)OC)N2CCc3cc(OC)c(OC)cc3[C@H]12. The summed E-state index contributed by atoms with van der Waals surface area (Å²) in [6.45, 7) is 0.478. The van der Waals surface area contributed by atoms with Gasteiger partial charge in [-0.2, -0.15) is 0 Å². The summed E-state index contributed by atoms with van der Waals surface area (Å²) in [6.07, 6.45) is 0.606. The summed E-state index contributed by atoms with van der Waals surface area (Å²) >= 11 is 0. The van der Waals surface area contributed by atoms with E-state index in [-0.39, 0.29) is 5.69 Å². The Morgan fingerprint density at radius 3 is 2.29 bits per heavy atom. The lowest BCUT2D eigenvalue weighted by atomic mass is 9.78. The van der Waals surface area contributed by atoms with Crippen molar-refractivity contribution in [2.75, 3.05) is 35.0 Å². The van der Waals surface area contributed by atoms with Crippen LogP contribution >= 0.6 is 0 Å². The number of methoxy groups -OCH3 is 4. The van der Waals surface area contributed by atoms with E-state index in [9.17, 15) is 19.7 Å². The standard InChI is InChI=1S/C24H26N2O8/c1-31-17-11-13-8-9-25-21(16(13)12-18(17)32-2)20(23(27)33-3)19(22(25)24(28)34-4)14-6-5-7-15(10-14)26(29)30/h5-7,10-12,19-22H,8-9H2,1-4H3/t19-,20-,21-,22+/m1/s1. The van der Waals surface area contributed by atoms with Gasteiger partial charge in [0.25, 0.3) is 5.69 Å². The Morgan fingerprint density at radius 1 is 1.00 bits per heavy atom. The van der Waals surface area contributed by atoms with E-state index < -0.39 is 40.8 Å². The van der Waals surface area contributed by atoms with E-state index in [0.717, 1.165) is 11.1 Å². The van der Waals surface area contributed by atoms with Crippen LogP contribution in [0.4, 0.5) is 5.69 Å². The van der Waals surface area contributed by atoms with Crippen molar-refractivity contribution in [1.82, 2.24) is 4.90 Å². The average Bonchev–Trinajstić information content (AvgIpc) is 3.22. The third-order valence-electron chi connectivity index (χ3n) is 6.77. The molecule has 34 heavy (non-hydrogen) atoms. The number of nitrogens with zero attached hydrogens (tertiary/aromatic N) is 2. The number of hydrogen-bond acceptors (Lipinski definition) is 9. The molecule has 2 aliphatic heterocycles. The third-order valence-corrected chi connectivity index (χ3v) is 6.77. The maximum atomic E-state index is 13.2. The van der Waals surface area contributed by atoms with Crippen LogP contribution in [0.5, 0.6) is 11.5 Å². The summed E-state index contributed by atoms with van der Waals surface area (Å²) in [5, 5.41) is 11.4. The Hall–Kier alpha value is -3.66. The van der Waals surface area contributed by atoms with E-state index >= 15 is 0 Å². The molecule has 0 radical (unpaired) electrons. The lowest BCUT2D eigenvalue weighted by Crippen LogP contribution is -2.43. The van der Waals surface area contributed by atoms with Crippen molar-refractivity contribution in [1.29, 1.82) is 0 Å². The Labute approximate surface area is 196 Å². The van der Waals surface area contributed by atoms with Crippen molar-refractivity contribution < 1.29 is 33.5 Å². The van der Waals surface area contributed by atoms with Crippen LogP contribution in [0.15, 0.2) is 36.4 Å². The second-order valence-electron chi connectivity index (χ2n) is 8.23. The van der Waals surface area contributed by atoms with Crippen LogP contribution < -0.4 is 9.47 Å². The number of ether oxygens (including phenoxy) is 4. The molecule has 2 heterocycles. The van der Waals surface area contributed by atoms with Crippen LogP contribution in [0, 0.1) is 16.0 Å². The average molecular weight is 470 g/mol. The molecule has 0 aliphatic carbocycles. The first-order chi connectivity index (χ1) is 16.4. The predicted octanol–water partition coefficient (Wildman–Crippen LogP) is 2.64. The first kappa shape index (κ1) is 23.5. The van der Waals surface area contributed by atoms with Gasteiger partial charge in [0.15, 0.2) is 11.5 Å². The molecule has 2 aliphatic rings. The zero-order valence-corrected chi connectivity index (χ0v) is 19.3. The number of carbonyl (C=O) groups is 2. The molecule has 0 amide bonds. The van der Waals surface area contributed by atoms with Crippen molar-refractivity contribution in [3.8, 4) is 11.5 Å². The third kappa shape index (κ3) is 3.73. The van der Waals surface area contributed by atoms with E-state index in [2.05, 4.69) is 0 Å². The van der Waals surface area contributed by atoms with E-state index in [4.69, 9.17) is 18.9 Å². The molecule has 4 atom stereocenters. The van der Waals surface area contributed by atoms with Crippen LogP contribution in [0.1, 0.15) is 28.7 Å². The van der Waals surface area contributed by atoms with Gasteiger partial charge >= 0.3 is 11.9 Å². The van der Waals surface area contributed by atoms with E-state index in [1.54, 1.807) is 19.2 Å². The fraction of sp³-hybridized carbons (Fsp3) is 0.417. The van der Waals surface area contributed by atoms with E-state index in [0.29, 0.717) is 30.0 Å². The fourth-order valence-electron chi connectivity index (χ4n) is 5.36. The molecule has 0 N–H and O–H groups in total. The lowest BCUT2D eigenvalue weighted by molar-refractivity contribution is -0.384. The molecule has 10 nitrogen and oxygen atoms in total. The molecule has 10 heteroatoms. The molecule has 2 aromatic rings. The van der Waals surface area contributed by atoms with Gasteiger partial charge in [0.1, 0.15) is 6.04 Å². The minimum Gasteiger partial charge on any atom is -0.493 e. The highest BCUT2D eigenvalue weighted by Crippen LogP contribution is 2.54. The van der Waals surface area contributed by atoms with Gasteiger partial charge in [0, 0.05) is 24.6 Å². The first-order valence-electron chi connectivity index (χ1n) is 10.8. The Kier molecular flexibility index (Phi) is 6.43. The summed E-state index contributed by atoms with van der Waals surface area (Å²) in [5.41, 5.74) is 2.16. The highest BCUT2D eigenvalue weighted by atomic mass is 16.6. The molecular weight excluding hydrogens is 444 g/mol. The lowest BCUT2D eigenvalue weighted by Gasteiger charge is -2.36. The predicted molar refractivity (Wildman–Crippen MR) is 120 cm³/mol. The number of esters is 2. The smallest absolute Gasteiger partial charge is 0.323 e. The minimum absolute atomic E-state index is 0.124. The van der Waals surface area contributed by atoms with Gasteiger partial charge in [-0.25, -0.2) is 0 Å². The molecule has 1 fully saturated rings. The normalized spacial score (nSPS) is 23.4. The van der Waals surface area contributed by atoms with Gasteiger partial charge < -0.3 is 18.9 Å². The maximum absolute atomic E-state index is 13.2. The second kappa shape index (κ2) is 9.30. The molecule has 4 rings (SSSR count). The Morgan fingerprint density at radius 2 is 1.68 bits per heavy atom. The summed E-state index contributed by atoms with van der Waals surface area (Å²) < 4.78 is 21.3. The number of benzene rings is 2. The number of carbonyl (C=O) groups excluding carboxylic acids is 2. The zero-order chi connectivity index (χ0) is 24.6. The van der Waals surface area contributed by atoms with E-state index in [1.165, 1.54) is 33.5 Å². The summed E-state index contributed by atoms with van der Waals surface area (Å²) in [4.78, 5) is 39.2. The highest BCUT2D eigenvalue weighted by Gasteiger charge is 2.58. The number of nitro benzene ring substituents is 1. The fourth-order valence-corrected chi connectivity index (χ4v) is 5.36. The largest absolute Gasteiger partial charge is 0.493 e. The molecular formula is C24H26N2O8. The van der Waals surface area contributed by atoms with Gasteiger partial charge in [-0.15, -0.1) is 0 Å². The molecule has 0 bridgehead atoms. The van der Waals surface area contributed by atoms with Crippen LogP contribution in [0.25, 0.3) is 0 Å². The van der Waals surface area contributed by atoms with Crippen molar-refractivity contribution in [2.24, 2.45) is 5.92 Å². The molecule has 180 valence electrons. The van der Waals surface area contributed by atoms with Gasteiger partial charge in [-0.1, -0.05) is 12.1 Å². The molecule has 0 aromatic heterocycles. The molecule has 0 saturated carbocycles. The van der Waals surface area contributed by atoms with Crippen LogP contribution in [0.3, 0.4) is 0 Å². The minimum atomic E-state index is -0.831. The van der Waals surface area contributed by atoms with Crippen molar-refractivity contribution in [3.05, 3.63) is 63.2 Å². The van der Waals surface area contributed by atoms with Crippen molar-refractivity contribution in [3.63, 3.8) is 0 Å². The molecule has 1 saturated heterocycles. The van der Waals surface area contributed by atoms with Crippen LogP contribution in [-0.4, -0.2) is 62.8 Å². The zero-order valence-electron chi connectivity index (χ0n) is 19.3. The highest BCUT2D eigenvalue weighted by molar-refractivity contribution is 5.83. The van der Waals surface area contributed by atoms with Gasteiger partial charge in [0.2, 0.25) is 0 Å². The van der Waals surface area contributed by atoms with Crippen molar-refractivity contribution >= 4 is 17.6 Å². The van der Waals surface area contributed by atoms with Gasteiger partial charge in [-0.05, 0) is 35.2 Å². The monoisotopic (exact) mass is 470 g/mol. The second-order valence-corrected chi connectivity index (χ2v) is 8.23. The summed E-state index contributed by atoms with van der Waals surface area (Å²) in [5.74, 6) is -1.49. The molecule has 2 aromatic carbocycles. The Bertz CT molecular complexity index is 1130. The number of hydrogen-bond donors (Lipinski definition) is 0. The van der Waals surface area contributed by atoms with Crippen molar-refractivity contribution in [2.45, 2.75) is 24.4 Å². The quantitative estimate of drug-likeness (QED) is 0.357. The number of fused-ring (bicyclic) bond motifs is 3. The van der Waals surface area contributed by atoms with Crippen LogP contribution in [0.2, 0.25) is 0 Å². The first-order valence-corrected chi connectivity index (χ1v) is 10.8. The van der Waals surface area contributed by atoms with Gasteiger partial charge in [-0.3, -0.25) is 24.6 Å². The Balaban J connectivity index is 1.94. The summed E-state index contributed by atoms with van der Waals surface area (Å²) in [7, 11) is 5.67. The van der Waals surface area contributed by atoms with E-state index in [1.807, 2.05) is 17.0 Å². The number of rotatable bonds is 6. The molecule has 0 spiro atoms. The number of non-ortho nitro benzene ring substituents is 1. The topological polar surface area (TPSA) is 117 Å². The molecule has 0 unspecified atom stereocenters. The summed E-state index contributed by atoms with van der Waals surface area (Å²) in [6, 6.07) is 8.38. The van der Waals surface area contributed by atoms with Crippen LogP contribution in [-0.2, 0) is 25.5 Å². The number of nitro groups is 1. The maximum Gasteiger partial charge on any atom is 0.323 e.